The van der Waals surface area contributed by atoms with E-state index in [1.165, 1.54) is 4.31 Å². The van der Waals surface area contributed by atoms with E-state index in [9.17, 15) is 13.2 Å². The minimum Gasteiger partial charge on any atom is -0.356 e. The van der Waals surface area contributed by atoms with Gasteiger partial charge < -0.3 is 9.84 Å². The van der Waals surface area contributed by atoms with E-state index in [0.717, 1.165) is 11.3 Å². The predicted molar refractivity (Wildman–Crippen MR) is 118 cm³/mol. The lowest BCUT2D eigenvalue weighted by molar-refractivity contribution is -0.126. The molecule has 0 aromatic carbocycles. The van der Waals surface area contributed by atoms with Gasteiger partial charge in [0.15, 0.2) is 10.7 Å². The highest BCUT2D eigenvalue weighted by Crippen LogP contribution is 2.29. The Labute approximate surface area is 182 Å². The molecule has 1 N–H and O–H groups in total. The molecule has 3 heterocycles. The third-order valence-corrected chi connectivity index (χ3v) is 8.11. The summed E-state index contributed by atoms with van der Waals surface area (Å²) in [7, 11) is -3.75. The van der Waals surface area contributed by atoms with E-state index in [1.54, 1.807) is 24.3 Å². The zero-order chi connectivity index (χ0) is 21.7. The van der Waals surface area contributed by atoms with Gasteiger partial charge in [0, 0.05) is 30.4 Å². The van der Waals surface area contributed by atoms with Gasteiger partial charge in [0.1, 0.15) is 5.69 Å². The summed E-state index contributed by atoms with van der Waals surface area (Å²) < 4.78 is 33.3. The highest BCUT2D eigenvalue weighted by molar-refractivity contribution is 7.89. The van der Waals surface area contributed by atoms with E-state index in [2.05, 4.69) is 24.3 Å². The molecule has 1 aliphatic rings. The summed E-state index contributed by atoms with van der Waals surface area (Å²) >= 11 is 1.55. The van der Waals surface area contributed by atoms with Gasteiger partial charge in [0.05, 0.1) is 0 Å². The van der Waals surface area contributed by atoms with E-state index in [4.69, 9.17) is 4.52 Å². The van der Waals surface area contributed by atoms with Crippen LogP contribution in [0.15, 0.2) is 26.9 Å². The summed E-state index contributed by atoms with van der Waals surface area (Å²) in [6, 6.07) is 3.87. The van der Waals surface area contributed by atoms with Crippen molar-refractivity contribution in [1.29, 1.82) is 0 Å². The topological polar surface area (TPSA) is 92.5 Å². The van der Waals surface area contributed by atoms with Gasteiger partial charge in [-0.3, -0.25) is 4.79 Å². The summed E-state index contributed by atoms with van der Waals surface area (Å²) in [4.78, 5) is 13.5. The Bertz CT molecular complexity index is 970. The zero-order valence-electron chi connectivity index (χ0n) is 17.6. The molecule has 0 bridgehead atoms. The average molecular weight is 452 g/mol. The summed E-state index contributed by atoms with van der Waals surface area (Å²) in [5.74, 6) is 0.639. The number of thiophene rings is 1. The number of sulfonamides is 1. The van der Waals surface area contributed by atoms with Crippen LogP contribution in [0.1, 0.15) is 49.4 Å². The van der Waals surface area contributed by atoms with Crippen molar-refractivity contribution in [3.8, 4) is 0 Å². The number of carbonyl (C=O) groups is 1. The molecule has 1 amide bonds. The number of hydrogen-bond donors (Lipinski definition) is 1. The van der Waals surface area contributed by atoms with Crippen LogP contribution in [0, 0.1) is 18.8 Å². The molecule has 7 nitrogen and oxygen atoms in total. The Hall–Kier alpha value is -1.97. The average Bonchev–Trinajstić information content (AvgIpc) is 3.35. The number of amides is 1. The van der Waals surface area contributed by atoms with Gasteiger partial charge in [0.2, 0.25) is 15.9 Å². The van der Waals surface area contributed by atoms with Crippen LogP contribution in [0.2, 0.25) is 0 Å². The third-order valence-electron chi connectivity index (χ3n) is 5.22. The van der Waals surface area contributed by atoms with Crippen molar-refractivity contribution in [2.24, 2.45) is 11.8 Å². The fourth-order valence-corrected chi connectivity index (χ4v) is 5.80. The van der Waals surface area contributed by atoms with Crippen molar-refractivity contribution < 1.29 is 17.7 Å². The maximum absolute atomic E-state index is 13.3. The van der Waals surface area contributed by atoms with E-state index in [1.807, 2.05) is 23.6 Å². The van der Waals surface area contributed by atoms with Gasteiger partial charge in [-0.25, -0.2) is 8.42 Å². The minimum atomic E-state index is -3.75. The first-order valence-electron chi connectivity index (χ1n) is 10.2. The number of hydrogen-bond acceptors (Lipinski definition) is 6. The van der Waals surface area contributed by atoms with Crippen LogP contribution in [-0.2, 0) is 14.8 Å². The molecule has 0 atom stereocenters. The molecule has 2 aromatic rings. The van der Waals surface area contributed by atoms with Gasteiger partial charge in [0.25, 0.3) is 0 Å². The summed E-state index contributed by atoms with van der Waals surface area (Å²) in [6.45, 7) is 7.15. The van der Waals surface area contributed by atoms with Crippen molar-refractivity contribution in [1.82, 2.24) is 14.8 Å². The van der Waals surface area contributed by atoms with Gasteiger partial charge in [-0.1, -0.05) is 25.1 Å². The normalized spacial score (nSPS) is 16.5. The second kappa shape index (κ2) is 9.89. The van der Waals surface area contributed by atoms with Crippen molar-refractivity contribution in [3.63, 3.8) is 0 Å². The number of nitrogens with one attached hydrogen (secondary N) is 1. The molecular weight excluding hydrogens is 422 g/mol. The molecule has 0 unspecified atom stereocenters. The van der Waals surface area contributed by atoms with Gasteiger partial charge in [-0.2, -0.15) is 4.31 Å². The Morgan fingerprint density at radius 2 is 2.10 bits per heavy atom. The maximum Gasteiger partial charge on any atom is 0.248 e. The Morgan fingerprint density at radius 1 is 1.37 bits per heavy atom. The number of aromatic nitrogens is 1. The number of aryl methyl sites for hydroxylation is 1. The minimum absolute atomic E-state index is 0.0217. The van der Waals surface area contributed by atoms with Crippen molar-refractivity contribution >= 4 is 39.4 Å². The van der Waals surface area contributed by atoms with Crippen molar-refractivity contribution in [3.05, 3.63) is 33.8 Å². The molecule has 2 aromatic heterocycles. The highest BCUT2D eigenvalue weighted by Gasteiger charge is 2.35. The first kappa shape index (κ1) is 22.7. The molecule has 1 fully saturated rings. The smallest absolute Gasteiger partial charge is 0.248 e. The Balaban J connectivity index is 1.66. The van der Waals surface area contributed by atoms with E-state index < -0.39 is 10.0 Å². The number of nitrogens with zero attached hydrogens (tertiary/aromatic N) is 2. The van der Waals surface area contributed by atoms with E-state index in [0.29, 0.717) is 44.1 Å². The molecule has 1 saturated heterocycles. The molecule has 0 radical (unpaired) electrons. The van der Waals surface area contributed by atoms with Crippen molar-refractivity contribution in [2.75, 3.05) is 19.6 Å². The lowest BCUT2D eigenvalue weighted by Gasteiger charge is -2.30. The first-order valence-corrected chi connectivity index (χ1v) is 12.6. The molecule has 0 spiro atoms. The standard InChI is InChI=1S/C21H29N3O4S2/c1-15(2)8-11-22-21(25)17-9-12-24(13-10-17)30(26,27)20-16(3)23-28-19(20)7-6-18-5-4-14-29-18/h4-7,14-15,17H,8-13H2,1-3H3,(H,22,25). The lowest BCUT2D eigenvalue weighted by atomic mass is 9.97. The van der Waals surface area contributed by atoms with Crippen LogP contribution < -0.4 is 5.32 Å². The molecule has 0 aliphatic carbocycles. The molecule has 164 valence electrons. The maximum atomic E-state index is 13.3. The number of carbonyl (C=O) groups excluding carboxylic acids is 1. The monoisotopic (exact) mass is 451 g/mol. The van der Waals surface area contributed by atoms with Crippen LogP contribution in [0.4, 0.5) is 0 Å². The van der Waals surface area contributed by atoms with Crippen LogP contribution in [0.3, 0.4) is 0 Å². The third kappa shape index (κ3) is 5.39. The second-order valence-electron chi connectivity index (χ2n) is 7.96. The fraction of sp³-hybridized carbons (Fsp3) is 0.524. The summed E-state index contributed by atoms with van der Waals surface area (Å²) in [6.07, 6.45) is 5.42. The van der Waals surface area contributed by atoms with Crippen LogP contribution in [-0.4, -0.2) is 43.4 Å². The van der Waals surface area contributed by atoms with Gasteiger partial charge in [-0.15, -0.1) is 11.3 Å². The quantitative estimate of drug-likeness (QED) is 0.659. The Morgan fingerprint density at radius 3 is 2.73 bits per heavy atom. The highest BCUT2D eigenvalue weighted by atomic mass is 32.2. The predicted octanol–water partition coefficient (Wildman–Crippen LogP) is 3.78. The van der Waals surface area contributed by atoms with Crippen LogP contribution >= 0.6 is 11.3 Å². The number of rotatable bonds is 8. The van der Waals surface area contributed by atoms with Gasteiger partial charge >= 0.3 is 0 Å². The molecule has 1 aliphatic heterocycles. The molecule has 30 heavy (non-hydrogen) atoms. The van der Waals surface area contributed by atoms with Crippen LogP contribution in [0.25, 0.3) is 12.2 Å². The number of piperidine rings is 1. The summed E-state index contributed by atoms with van der Waals surface area (Å²) in [5.41, 5.74) is 0.342. The van der Waals surface area contributed by atoms with E-state index in [-0.39, 0.29) is 22.5 Å². The second-order valence-corrected chi connectivity index (χ2v) is 10.8. The van der Waals surface area contributed by atoms with Gasteiger partial charge in [-0.05, 0) is 55.7 Å². The van der Waals surface area contributed by atoms with E-state index >= 15 is 0 Å². The largest absolute Gasteiger partial charge is 0.356 e. The lowest BCUT2D eigenvalue weighted by Crippen LogP contribution is -2.43. The molecule has 9 heteroatoms. The Kier molecular flexibility index (Phi) is 7.49. The molecule has 0 saturated carbocycles. The molecule has 3 rings (SSSR count). The SMILES string of the molecule is Cc1noc(C=Cc2cccs2)c1S(=O)(=O)N1CCC(C(=O)NCCC(C)C)CC1. The fourth-order valence-electron chi connectivity index (χ4n) is 3.46. The zero-order valence-corrected chi connectivity index (χ0v) is 19.3. The van der Waals surface area contributed by atoms with Crippen molar-refractivity contribution in [2.45, 2.75) is 44.9 Å². The first-order chi connectivity index (χ1) is 14.3. The summed E-state index contributed by atoms with van der Waals surface area (Å²) in [5, 5.41) is 8.80. The molecular formula is C21H29N3O4S2. The van der Waals surface area contributed by atoms with Crippen LogP contribution in [0.5, 0.6) is 0 Å².